The summed E-state index contributed by atoms with van der Waals surface area (Å²) in [7, 11) is 0. The first kappa shape index (κ1) is 16.6. The molecule has 0 saturated heterocycles. The van der Waals surface area contributed by atoms with Crippen molar-refractivity contribution in [1.82, 2.24) is 5.32 Å². The van der Waals surface area contributed by atoms with Gasteiger partial charge in [0.2, 0.25) is 0 Å². The molecule has 4 rings (SSSR count). The van der Waals surface area contributed by atoms with Crippen LogP contribution >= 0.6 is 0 Å². The first-order valence-corrected chi connectivity index (χ1v) is 9.06. The van der Waals surface area contributed by atoms with E-state index in [2.05, 4.69) is 5.32 Å². The molecule has 0 spiro atoms. The minimum absolute atomic E-state index is 0.109. The van der Waals surface area contributed by atoms with Crippen LogP contribution in [0, 0.1) is 6.92 Å². The fourth-order valence-corrected chi connectivity index (χ4v) is 3.74. The predicted octanol–water partition coefficient (Wildman–Crippen LogP) is 4.44. The van der Waals surface area contributed by atoms with Crippen LogP contribution in [0.4, 0.5) is 0 Å². The number of carbonyl (C=O) groups excluding carboxylic acids is 1. The molecule has 1 aliphatic rings. The van der Waals surface area contributed by atoms with Gasteiger partial charge in [0.1, 0.15) is 5.58 Å². The van der Waals surface area contributed by atoms with Gasteiger partial charge >= 0.3 is 5.63 Å². The molecular weight excluding hydrogens is 326 g/mol. The van der Waals surface area contributed by atoms with Crippen LogP contribution in [0.3, 0.4) is 0 Å². The molecule has 1 N–H and O–H groups in total. The highest BCUT2D eigenvalue weighted by molar-refractivity contribution is 6.01. The highest BCUT2D eigenvalue weighted by Gasteiger charge is 2.19. The molecule has 4 nitrogen and oxygen atoms in total. The normalized spacial score (nSPS) is 14.7. The molecule has 1 aromatic heterocycles. The van der Waals surface area contributed by atoms with Crippen LogP contribution in [0.1, 0.15) is 41.6 Å². The van der Waals surface area contributed by atoms with Crippen LogP contribution in [0.25, 0.3) is 22.1 Å². The van der Waals surface area contributed by atoms with Crippen molar-refractivity contribution in [2.24, 2.45) is 0 Å². The van der Waals surface area contributed by atoms with E-state index in [0.29, 0.717) is 11.1 Å². The number of carbonyl (C=O) groups is 1. The Hall–Kier alpha value is -2.88. The van der Waals surface area contributed by atoms with Crippen molar-refractivity contribution in [1.29, 1.82) is 0 Å². The summed E-state index contributed by atoms with van der Waals surface area (Å²) in [5.41, 5.74) is 3.46. The quantitative estimate of drug-likeness (QED) is 0.713. The summed E-state index contributed by atoms with van der Waals surface area (Å²) >= 11 is 0. The fourth-order valence-electron chi connectivity index (χ4n) is 3.74. The van der Waals surface area contributed by atoms with Crippen molar-refractivity contribution in [3.8, 4) is 11.1 Å². The molecule has 0 atom stereocenters. The number of benzene rings is 2. The van der Waals surface area contributed by atoms with Gasteiger partial charge in [-0.1, -0.05) is 37.1 Å². The molecule has 0 aliphatic heterocycles. The lowest BCUT2D eigenvalue weighted by atomic mass is 9.97. The van der Waals surface area contributed by atoms with E-state index < -0.39 is 5.63 Å². The van der Waals surface area contributed by atoms with Crippen molar-refractivity contribution < 1.29 is 9.21 Å². The number of nitrogens with one attached hydrogen (secondary N) is 1. The van der Waals surface area contributed by atoms with Gasteiger partial charge in [0.05, 0.1) is 0 Å². The van der Waals surface area contributed by atoms with Crippen molar-refractivity contribution in [3.05, 3.63) is 70.1 Å². The highest BCUT2D eigenvalue weighted by atomic mass is 16.4. The van der Waals surface area contributed by atoms with Crippen LogP contribution in [-0.2, 0) is 0 Å². The maximum Gasteiger partial charge on any atom is 0.336 e. The van der Waals surface area contributed by atoms with E-state index in [9.17, 15) is 9.59 Å². The van der Waals surface area contributed by atoms with Crippen molar-refractivity contribution in [2.75, 3.05) is 0 Å². The fraction of sp³-hybridized carbons (Fsp3) is 0.273. The summed E-state index contributed by atoms with van der Waals surface area (Å²) < 4.78 is 5.39. The van der Waals surface area contributed by atoms with Gasteiger partial charge < -0.3 is 9.73 Å². The largest absolute Gasteiger partial charge is 0.423 e. The lowest BCUT2D eigenvalue weighted by Crippen LogP contribution is -2.32. The third-order valence-electron chi connectivity index (χ3n) is 5.13. The molecule has 1 saturated carbocycles. The van der Waals surface area contributed by atoms with Gasteiger partial charge in [-0.05, 0) is 49.1 Å². The highest BCUT2D eigenvalue weighted by Crippen LogP contribution is 2.30. The predicted molar refractivity (Wildman–Crippen MR) is 102 cm³/mol. The van der Waals surface area contributed by atoms with Gasteiger partial charge in [-0.3, -0.25) is 4.79 Å². The Morgan fingerprint density at radius 3 is 2.58 bits per heavy atom. The molecule has 2 aromatic carbocycles. The Bertz CT molecular complexity index is 1030. The maximum atomic E-state index is 12.5. The topological polar surface area (TPSA) is 59.3 Å². The molecule has 0 unspecified atom stereocenters. The molecule has 3 aromatic rings. The zero-order chi connectivity index (χ0) is 18.1. The van der Waals surface area contributed by atoms with Crippen molar-refractivity contribution in [2.45, 2.75) is 38.6 Å². The molecule has 1 fully saturated rings. The number of hydrogen-bond acceptors (Lipinski definition) is 3. The van der Waals surface area contributed by atoms with Crippen molar-refractivity contribution >= 4 is 16.9 Å². The SMILES string of the molecule is Cc1ccccc1-c1cc(=O)oc2cc(C(=O)NC3CCCC3)ccc12. The zero-order valence-corrected chi connectivity index (χ0v) is 14.7. The standard InChI is InChI=1S/C22H21NO3/c1-14-6-2-5-9-17(14)19-13-21(24)26-20-12-15(10-11-18(19)20)22(25)23-16-7-3-4-8-16/h2,5-6,9-13,16H,3-4,7-8H2,1H3,(H,23,25). The molecule has 1 heterocycles. The lowest BCUT2D eigenvalue weighted by Gasteiger charge is -2.13. The Morgan fingerprint density at radius 1 is 1.04 bits per heavy atom. The third-order valence-corrected chi connectivity index (χ3v) is 5.13. The van der Waals surface area contributed by atoms with E-state index >= 15 is 0 Å². The molecular formula is C22H21NO3. The monoisotopic (exact) mass is 347 g/mol. The summed E-state index contributed by atoms with van der Waals surface area (Å²) in [6.45, 7) is 2.01. The minimum Gasteiger partial charge on any atom is -0.423 e. The maximum absolute atomic E-state index is 12.5. The third kappa shape index (κ3) is 3.15. The van der Waals surface area contributed by atoms with E-state index in [1.807, 2.05) is 37.3 Å². The summed E-state index contributed by atoms with van der Waals surface area (Å²) in [5, 5.41) is 3.90. The second-order valence-corrected chi connectivity index (χ2v) is 6.96. The molecule has 4 heteroatoms. The number of amides is 1. The minimum atomic E-state index is -0.413. The van der Waals surface area contributed by atoms with Gasteiger partial charge in [-0.15, -0.1) is 0 Å². The Balaban J connectivity index is 1.76. The van der Waals surface area contributed by atoms with E-state index in [0.717, 1.165) is 47.8 Å². The summed E-state index contributed by atoms with van der Waals surface area (Å²) in [5.74, 6) is -0.109. The van der Waals surface area contributed by atoms with E-state index in [1.54, 1.807) is 12.1 Å². The van der Waals surface area contributed by atoms with Gasteiger partial charge in [0.25, 0.3) is 5.91 Å². The van der Waals surface area contributed by atoms with Gasteiger partial charge in [0, 0.05) is 28.6 Å². The van der Waals surface area contributed by atoms with Crippen molar-refractivity contribution in [3.63, 3.8) is 0 Å². The van der Waals surface area contributed by atoms with Crippen LogP contribution in [0.5, 0.6) is 0 Å². The van der Waals surface area contributed by atoms with E-state index in [1.165, 1.54) is 6.07 Å². The van der Waals surface area contributed by atoms with Crippen LogP contribution in [0.2, 0.25) is 0 Å². The number of rotatable bonds is 3. The molecule has 0 bridgehead atoms. The second kappa shape index (κ2) is 6.79. The second-order valence-electron chi connectivity index (χ2n) is 6.96. The van der Waals surface area contributed by atoms with Gasteiger partial charge in [-0.2, -0.15) is 0 Å². The van der Waals surface area contributed by atoms with E-state index in [-0.39, 0.29) is 11.9 Å². The number of aryl methyl sites for hydroxylation is 1. The van der Waals surface area contributed by atoms with E-state index in [4.69, 9.17) is 4.42 Å². The smallest absolute Gasteiger partial charge is 0.336 e. The summed E-state index contributed by atoms with van der Waals surface area (Å²) in [6, 6.07) is 15.0. The molecule has 1 aliphatic carbocycles. The molecule has 132 valence electrons. The van der Waals surface area contributed by atoms with Gasteiger partial charge in [-0.25, -0.2) is 4.79 Å². The number of fused-ring (bicyclic) bond motifs is 1. The summed E-state index contributed by atoms with van der Waals surface area (Å²) in [6.07, 6.45) is 4.40. The molecule has 0 radical (unpaired) electrons. The first-order valence-electron chi connectivity index (χ1n) is 9.06. The van der Waals surface area contributed by atoms with Crippen LogP contribution in [0.15, 0.2) is 57.7 Å². The lowest BCUT2D eigenvalue weighted by molar-refractivity contribution is 0.0938. The molecule has 1 amide bonds. The average molecular weight is 347 g/mol. The Kier molecular flexibility index (Phi) is 4.33. The first-order chi connectivity index (χ1) is 12.6. The average Bonchev–Trinajstić information content (AvgIpc) is 3.14. The Labute approximate surface area is 151 Å². The zero-order valence-electron chi connectivity index (χ0n) is 14.7. The van der Waals surface area contributed by atoms with Crippen LogP contribution in [-0.4, -0.2) is 11.9 Å². The number of hydrogen-bond donors (Lipinski definition) is 1. The Morgan fingerprint density at radius 2 is 1.81 bits per heavy atom. The van der Waals surface area contributed by atoms with Gasteiger partial charge in [0.15, 0.2) is 0 Å². The molecule has 26 heavy (non-hydrogen) atoms. The van der Waals surface area contributed by atoms with Crippen LogP contribution < -0.4 is 10.9 Å². The summed E-state index contributed by atoms with van der Waals surface area (Å²) in [4.78, 5) is 24.6.